The highest BCUT2D eigenvalue weighted by Crippen LogP contribution is 2.26. The fraction of sp³-hybridized carbons (Fsp3) is 1.00. The van der Waals surface area contributed by atoms with E-state index in [0.717, 1.165) is 0 Å². The Morgan fingerprint density at radius 1 is 0.324 bits per heavy atom. The van der Waals surface area contributed by atoms with E-state index in [4.69, 9.17) is 37.0 Å². The van der Waals surface area contributed by atoms with Crippen molar-refractivity contribution < 1.29 is 37.0 Å². The van der Waals surface area contributed by atoms with E-state index in [0.29, 0.717) is 0 Å². The molecule has 0 aromatic carbocycles. The summed E-state index contributed by atoms with van der Waals surface area (Å²) in [6.07, 6.45) is 0. The fourth-order valence-electron chi connectivity index (χ4n) is 4.43. The lowest BCUT2D eigenvalue weighted by molar-refractivity contribution is 0.274. The summed E-state index contributed by atoms with van der Waals surface area (Å²) in [5, 5.41) is 0. The van der Waals surface area contributed by atoms with Crippen molar-refractivity contribution in [2.45, 2.75) is 118 Å². The summed E-state index contributed by atoms with van der Waals surface area (Å²) in [6.45, 7) is 38.0. The Hall–Kier alpha value is 1.81. The van der Waals surface area contributed by atoms with Gasteiger partial charge in [0.05, 0.1) is 0 Å². The highest BCUT2D eigenvalue weighted by molar-refractivity contribution is 6.90. The smallest absolute Gasteiger partial charge is 0.314 e. The van der Waals surface area contributed by atoms with E-state index in [1.54, 1.807) is 0 Å². The van der Waals surface area contributed by atoms with Crippen molar-refractivity contribution in [3.8, 4) is 0 Å². The Bertz CT molecular complexity index is 686. The summed E-state index contributed by atoms with van der Waals surface area (Å²) in [4.78, 5) is 0. The van der Waals surface area contributed by atoms with Crippen LogP contribution in [0.25, 0.3) is 0 Å². The van der Waals surface area contributed by atoms with Crippen LogP contribution in [0.2, 0.25) is 118 Å². The van der Waals surface area contributed by atoms with Crippen LogP contribution in [0.4, 0.5) is 0 Å². The van der Waals surface area contributed by atoms with Gasteiger partial charge in [0.25, 0.3) is 37.1 Å². The molecule has 0 saturated carbocycles. The van der Waals surface area contributed by atoms with Gasteiger partial charge in [-0.3, -0.25) is 0 Å². The van der Waals surface area contributed by atoms with Crippen LogP contribution in [0.15, 0.2) is 0 Å². The first-order chi connectivity index (χ1) is 16.1. The second-order valence-corrected chi connectivity index (χ2v) is 45.8. The molecule has 0 aliphatic rings. The Morgan fingerprint density at radius 3 is 0.973 bits per heavy atom. The van der Waals surface area contributed by atoms with Gasteiger partial charge in [-0.05, 0) is 118 Å². The number of rotatable bonds is 18. The zero-order valence-corrected chi connectivity index (χ0v) is 37.6. The van der Waals surface area contributed by atoms with Crippen LogP contribution in [-0.4, -0.2) is 88.0 Å². The zero-order chi connectivity index (χ0) is 29.7. The molecule has 0 fully saturated rings. The average Bonchev–Trinajstić information content (AvgIpc) is 2.43. The van der Waals surface area contributed by atoms with Crippen molar-refractivity contribution in [3.63, 3.8) is 0 Å². The monoisotopic (exact) mass is 698 g/mol. The Labute approximate surface area is 241 Å². The summed E-state index contributed by atoms with van der Waals surface area (Å²) in [6, 6.07) is 0. The summed E-state index contributed by atoms with van der Waals surface area (Å²) >= 11 is 0. The quantitative estimate of drug-likeness (QED) is 0.184. The van der Waals surface area contributed by atoms with E-state index in [1.807, 2.05) is 13.1 Å². The van der Waals surface area contributed by atoms with Crippen molar-refractivity contribution in [2.75, 3.05) is 0 Å². The molecule has 224 valence electrons. The zero-order valence-electron chi connectivity index (χ0n) is 27.0. The highest BCUT2D eigenvalue weighted by atomic mass is 28.5. The second kappa shape index (κ2) is 14.8. The van der Waals surface area contributed by atoms with Crippen molar-refractivity contribution in [2.24, 2.45) is 0 Å². The maximum absolute atomic E-state index is 6.60. The summed E-state index contributed by atoms with van der Waals surface area (Å²) < 4.78 is 57.2. The molecule has 0 radical (unpaired) electrons. The van der Waals surface area contributed by atoms with Crippen LogP contribution in [0.5, 0.6) is 0 Å². The largest absolute Gasteiger partial charge is 0.439 e. The molecular weight excluding hydrogens is 641 g/mol. The van der Waals surface area contributed by atoms with E-state index in [1.165, 1.54) is 0 Å². The lowest BCUT2D eigenvalue weighted by Crippen LogP contribution is -2.59. The van der Waals surface area contributed by atoms with Crippen molar-refractivity contribution in [3.05, 3.63) is 0 Å². The molecule has 0 heterocycles. The molecule has 0 aliphatic heterocycles. The summed E-state index contributed by atoms with van der Waals surface area (Å²) in [5.41, 5.74) is 0. The van der Waals surface area contributed by atoms with Crippen LogP contribution in [0, 0.1) is 0 Å². The van der Waals surface area contributed by atoms with E-state index in [9.17, 15) is 0 Å². The van der Waals surface area contributed by atoms with Gasteiger partial charge in [0.15, 0.2) is 16.6 Å². The Morgan fingerprint density at radius 2 is 0.622 bits per heavy atom. The van der Waals surface area contributed by atoms with Crippen LogP contribution < -0.4 is 0 Å². The molecule has 19 heteroatoms. The van der Waals surface area contributed by atoms with E-state index >= 15 is 0 Å². The van der Waals surface area contributed by atoms with Gasteiger partial charge in [0.2, 0.25) is 0 Å². The van der Waals surface area contributed by atoms with Gasteiger partial charge >= 0.3 is 34.2 Å². The lowest BCUT2D eigenvalue weighted by Gasteiger charge is -2.42. The topological polar surface area (TPSA) is 83.1 Å². The van der Waals surface area contributed by atoms with E-state index in [2.05, 4.69) is 105 Å². The first kappa shape index (κ1) is 38.8. The van der Waals surface area contributed by atoms with Gasteiger partial charge in [-0.1, -0.05) is 0 Å². The van der Waals surface area contributed by atoms with Gasteiger partial charge in [-0.15, -0.1) is 0 Å². The third-order valence-electron chi connectivity index (χ3n) is 4.15. The minimum absolute atomic E-state index is 1.59. The molecule has 0 aliphatic carbocycles. The third kappa shape index (κ3) is 21.2. The standard InChI is InChI=1S/C18H58O9Si10/c1-28(20-30(3)22-32(5,6)7)19-29(2)21-31(4)23-34(11,12)25-36(15,16)27-37(17,18)26-35(13,14)24-33(8,9)10/h28-31H,1-18H3. The molecule has 37 heavy (non-hydrogen) atoms. The SMILES string of the molecule is C[SiH](O[SiH](C)O[SiH](C)O[Si](C)(C)O[Si](C)(C)O[Si](C)(C)O[Si](C)(C)O[Si](C)(C)C)O[SiH](C)O[Si](C)(C)C. The molecule has 0 N–H and O–H groups in total. The molecule has 0 spiro atoms. The van der Waals surface area contributed by atoms with Gasteiger partial charge < -0.3 is 37.0 Å². The lowest BCUT2D eigenvalue weighted by atomic mass is 11.8. The Kier molecular flexibility index (Phi) is 15.5. The van der Waals surface area contributed by atoms with Gasteiger partial charge in [-0.25, -0.2) is 0 Å². The minimum atomic E-state index is -2.52. The van der Waals surface area contributed by atoms with Crippen LogP contribution in [-0.2, 0) is 37.0 Å². The van der Waals surface area contributed by atoms with Gasteiger partial charge in [0.1, 0.15) is 0 Å². The number of hydrogen-bond acceptors (Lipinski definition) is 9. The molecule has 0 aromatic heterocycles. The molecule has 0 bridgehead atoms. The maximum atomic E-state index is 6.60. The minimum Gasteiger partial charge on any atom is -0.439 e. The van der Waals surface area contributed by atoms with E-state index in [-0.39, 0.29) is 0 Å². The molecule has 0 rings (SSSR count). The molecule has 4 unspecified atom stereocenters. The number of hydrogen-bond donors (Lipinski definition) is 0. The van der Waals surface area contributed by atoms with Crippen molar-refractivity contribution >= 4 is 88.0 Å². The Balaban J connectivity index is 4.87. The van der Waals surface area contributed by atoms with Crippen molar-refractivity contribution in [1.82, 2.24) is 0 Å². The molecule has 4 atom stereocenters. The second-order valence-electron chi connectivity index (χ2n) is 13.1. The molecular formula is C18H58O9Si10. The molecule has 0 aromatic rings. The normalized spacial score (nSPS) is 18.0. The molecule has 0 amide bonds. The molecule has 0 saturated heterocycles. The van der Waals surface area contributed by atoms with Crippen LogP contribution >= 0.6 is 0 Å². The summed E-state index contributed by atoms with van der Waals surface area (Å²) in [7, 11) is -20.4. The first-order valence-electron chi connectivity index (χ1n) is 13.2. The third-order valence-corrected chi connectivity index (χ3v) is 37.3. The van der Waals surface area contributed by atoms with Crippen LogP contribution in [0.1, 0.15) is 0 Å². The van der Waals surface area contributed by atoms with Gasteiger partial charge in [-0.2, -0.15) is 0 Å². The highest BCUT2D eigenvalue weighted by Gasteiger charge is 2.46. The fourth-order valence-corrected chi connectivity index (χ4v) is 43.6. The predicted molar refractivity (Wildman–Crippen MR) is 178 cm³/mol. The van der Waals surface area contributed by atoms with Crippen molar-refractivity contribution in [1.29, 1.82) is 0 Å². The van der Waals surface area contributed by atoms with E-state index < -0.39 is 88.0 Å². The van der Waals surface area contributed by atoms with Crippen LogP contribution in [0.3, 0.4) is 0 Å². The predicted octanol–water partition coefficient (Wildman–Crippen LogP) is 5.01. The maximum Gasteiger partial charge on any atom is 0.314 e. The average molecular weight is 700 g/mol. The summed E-state index contributed by atoms with van der Waals surface area (Å²) in [5.74, 6) is 0. The van der Waals surface area contributed by atoms with Gasteiger partial charge in [0, 0.05) is 0 Å². The molecule has 9 nitrogen and oxygen atoms in total. The first-order valence-corrected chi connectivity index (χ1v) is 39.7.